The van der Waals surface area contributed by atoms with Crippen LogP contribution in [0, 0.1) is 6.92 Å². The second-order valence-electron chi connectivity index (χ2n) is 5.15. The number of nitrogens with zero attached hydrogens (tertiary/aromatic N) is 3. The fourth-order valence-corrected chi connectivity index (χ4v) is 2.72. The first kappa shape index (κ1) is 12.0. The number of anilines is 2. The average Bonchev–Trinajstić information content (AvgIpc) is 2.86. The summed E-state index contributed by atoms with van der Waals surface area (Å²) in [5.74, 6) is 1.66. The van der Waals surface area contributed by atoms with Crippen LogP contribution in [0.4, 0.5) is 11.4 Å². The zero-order valence-corrected chi connectivity index (χ0v) is 11.1. The Hall–Kier alpha value is -2.04. The normalized spacial score (nSPS) is 16.8. The highest BCUT2D eigenvalue weighted by atomic mass is 15.1. The smallest absolute Gasteiger partial charge is 0.109 e. The van der Waals surface area contributed by atoms with Crippen LogP contribution in [0.2, 0.25) is 0 Å². The molecule has 2 aromatic rings. The summed E-state index contributed by atoms with van der Waals surface area (Å²) in [6.45, 7) is 4.07. The third-order valence-electron chi connectivity index (χ3n) is 3.77. The molecule has 19 heavy (non-hydrogen) atoms. The van der Waals surface area contributed by atoms with Crippen LogP contribution in [0.3, 0.4) is 0 Å². The molecule has 1 aliphatic rings. The maximum absolute atomic E-state index is 5.98. The number of hydrogen-bond acceptors (Lipinski definition) is 4. The van der Waals surface area contributed by atoms with Crippen LogP contribution < -0.4 is 10.6 Å². The van der Waals surface area contributed by atoms with Gasteiger partial charge in [0.1, 0.15) is 5.82 Å². The van der Waals surface area contributed by atoms with E-state index in [1.165, 1.54) is 0 Å². The number of aryl methyl sites for hydroxylation is 1. The highest BCUT2D eigenvalue weighted by Gasteiger charge is 2.23. The molecule has 0 aromatic carbocycles. The van der Waals surface area contributed by atoms with Crippen molar-refractivity contribution in [1.29, 1.82) is 0 Å². The lowest BCUT2D eigenvalue weighted by molar-refractivity contribution is 0.489. The largest absolute Gasteiger partial charge is 0.396 e. The average molecular weight is 257 g/mol. The van der Waals surface area contributed by atoms with Gasteiger partial charge in [0, 0.05) is 37.1 Å². The second kappa shape index (κ2) is 4.91. The fourth-order valence-electron chi connectivity index (χ4n) is 2.72. The molecule has 0 amide bonds. The van der Waals surface area contributed by atoms with Crippen LogP contribution in [0.1, 0.15) is 30.3 Å². The van der Waals surface area contributed by atoms with Crippen LogP contribution in [0.5, 0.6) is 0 Å². The second-order valence-corrected chi connectivity index (χ2v) is 5.15. The summed E-state index contributed by atoms with van der Waals surface area (Å²) in [5, 5.41) is 0. The molecule has 2 aromatic heterocycles. The summed E-state index contributed by atoms with van der Waals surface area (Å²) in [7, 11) is 0. The molecular formula is C14H19N5. The summed E-state index contributed by atoms with van der Waals surface area (Å²) >= 11 is 0. The lowest BCUT2D eigenvalue weighted by Gasteiger charge is -2.33. The van der Waals surface area contributed by atoms with Gasteiger partial charge in [-0.15, -0.1) is 0 Å². The van der Waals surface area contributed by atoms with E-state index in [0.717, 1.165) is 48.8 Å². The van der Waals surface area contributed by atoms with Crippen LogP contribution in [0.25, 0.3) is 0 Å². The van der Waals surface area contributed by atoms with Gasteiger partial charge in [-0.3, -0.25) is 4.98 Å². The predicted molar refractivity (Wildman–Crippen MR) is 76.2 cm³/mol. The molecule has 3 rings (SSSR count). The van der Waals surface area contributed by atoms with Gasteiger partial charge in [-0.2, -0.15) is 0 Å². The van der Waals surface area contributed by atoms with Crippen molar-refractivity contribution in [3.63, 3.8) is 0 Å². The van der Waals surface area contributed by atoms with E-state index in [1.54, 1.807) is 12.4 Å². The first-order chi connectivity index (χ1) is 9.24. The highest BCUT2D eigenvalue weighted by molar-refractivity contribution is 5.66. The molecule has 1 fully saturated rings. The number of rotatable bonds is 2. The minimum Gasteiger partial charge on any atom is -0.396 e. The van der Waals surface area contributed by atoms with Crippen molar-refractivity contribution in [2.24, 2.45) is 0 Å². The first-order valence-corrected chi connectivity index (χ1v) is 6.70. The molecule has 0 spiro atoms. The third kappa shape index (κ3) is 2.41. The summed E-state index contributed by atoms with van der Waals surface area (Å²) in [6, 6.07) is 1.99. The quantitative estimate of drug-likeness (QED) is 0.864. The number of pyridine rings is 1. The Morgan fingerprint density at radius 1 is 1.32 bits per heavy atom. The van der Waals surface area contributed by atoms with Gasteiger partial charge >= 0.3 is 0 Å². The Labute approximate surface area is 112 Å². The zero-order chi connectivity index (χ0) is 13.2. The standard InChI is InChI=1S/C14H19N5/c1-10-8-17-14(18-10)11-3-6-19(7-4-11)13-2-5-16-9-12(13)15/h2,5,8-9,11H,3-4,6-7,15H2,1H3,(H,17,18). The van der Waals surface area contributed by atoms with Crippen molar-refractivity contribution in [2.75, 3.05) is 23.7 Å². The minimum absolute atomic E-state index is 0.535. The lowest BCUT2D eigenvalue weighted by Crippen LogP contribution is -2.33. The number of aromatic amines is 1. The molecular weight excluding hydrogens is 238 g/mol. The van der Waals surface area contributed by atoms with Crippen molar-refractivity contribution < 1.29 is 0 Å². The van der Waals surface area contributed by atoms with E-state index in [9.17, 15) is 0 Å². The van der Waals surface area contributed by atoms with Gasteiger partial charge < -0.3 is 15.6 Å². The molecule has 0 unspecified atom stereocenters. The van der Waals surface area contributed by atoms with E-state index < -0.39 is 0 Å². The highest BCUT2D eigenvalue weighted by Crippen LogP contribution is 2.30. The Kier molecular flexibility index (Phi) is 3.11. The summed E-state index contributed by atoms with van der Waals surface area (Å²) in [6.07, 6.45) is 7.64. The van der Waals surface area contributed by atoms with E-state index >= 15 is 0 Å². The lowest BCUT2D eigenvalue weighted by atomic mass is 9.96. The molecule has 0 aliphatic carbocycles. The number of aromatic nitrogens is 3. The molecule has 0 atom stereocenters. The third-order valence-corrected chi connectivity index (χ3v) is 3.77. The van der Waals surface area contributed by atoms with Gasteiger partial charge in [0.05, 0.1) is 17.6 Å². The van der Waals surface area contributed by atoms with Gasteiger partial charge in [0.2, 0.25) is 0 Å². The minimum atomic E-state index is 0.535. The van der Waals surface area contributed by atoms with E-state index in [-0.39, 0.29) is 0 Å². The maximum atomic E-state index is 5.98. The van der Waals surface area contributed by atoms with Crippen molar-refractivity contribution in [3.8, 4) is 0 Å². The number of nitrogens with two attached hydrogens (primary N) is 1. The number of hydrogen-bond donors (Lipinski definition) is 2. The van der Waals surface area contributed by atoms with Crippen molar-refractivity contribution >= 4 is 11.4 Å². The number of H-pyrrole nitrogens is 1. The summed E-state index contributed by atoms with van der Waals surface area (Å²) < 4.78 is 0. The molecule has 1 saturated heterocycles. The van der Waals surface area contributed by atoms with Crippen LogP contribution in [0.15, 0.2) is 24.7 Å². The fraction of sp³-hybridized carbons (Fsp3) is 0.429. The molecule has 0 radical (unpaired) electrons. The number of piperidine rings is 1. The Bertz CT molecular complexity index is 554. The van der Waals surface area contributed by atoms with Gasteiger partial charge in [-0.1, -0.05) is 0 Å². The van der Waals surface area contributed by atoms with Crippen molar-refractivity contribution in [2.45, 2.75) is 25.7 Å². The summed E-state index contributed by atoms with van der Waals surface area (Å²) in [5.41, 5.74) is 8.97. The SMILES string of the molecule is Cc1cnc(C2CCN(c3ccncc3N)CC2)[nH]1. The molecule has 1 aliphatic heterocycles. The molecule has 100 valence electrons. The zero-order valence-electron chi connectivity index (χ0n) is 11.1. The van der Waals surface area contributed by atoms with Crippen LogP contribution in [-0.2, 0) is 0 Å². The van der Waals surface area contributed by atoms with Gasteiger partial charge in [0.25, 0.3) is 0 Å². The molecule has 5 heteroatoms. The van der Waals surface area contributed by atoms with Gasteiger partial charge in [-0.25, -0.2) is 4.98 Å². The Morgan fingerprint density at radius 2 is 2.11 bits per heavy atom. The molecule has 5 nitrogen and oxygen atoms in total. The predicted octanol–water partition coefficient (Wildman–Crippen LogP) is 2.08. The summed E-state index contributed by atoms with van der Waals surface area (Å²) in [4.78, 5) is 14.2. The number of nitrogen functional groups attached to an aromatic ring is 1. The molecule has 0 saturated carbocycles. The number of imidazole rings is 1. The Balaban J connectivity index is 1.68. The Morgan fingerprint density at radius 3 is 2.74 bits per heavy atom. The topological polar surface area (TPSA) is 70.8 Å². The van der Waals surface area contributed by atoms with Crippen molar-refractivity contribution in [1.82, 2.24) is 15.0 Å². The first-order valence-electron chi connectivity index (χ1n) is 6.70. The van der Waals surface area contributed by atoms with E-state index in [4.69, 9.17) is 5.73 Å². The van der Waals surface area contributed by atoms with E-state index in [2.05, 4.69) is 19.9 Å². The molecule has 0 bridgehead atoms. The maximum Gasteiger partial charge on any atom is 0.109 e. The van der Waals surface area contributed by atoms with Gasteiger partial charge in [0.15, 0.2) is 0 Å². The molecule has 3 heterocycles. The van der Waals surface area contributed by atoms with Crippen LogP contribution in [-0.4, -0.2) is 28.0 Å². The van der Waals surface area contributed by atoms with E-state index in [1.807, 2.05) is 19.2 Å². The monoisotopic (exact) mass is 257 g/mol. The van der Waals surface area contributed by atoms with Crippen LogP contribution >= 0.6 is 0 Å². The molecule has 3 N–H and O–H groups in total. The van der Waals surface area contributed by atoms with Gasteiger partial charge in [-0.05, 0) is 25.8 Å². The number of nitrogens with one attached hydrogen (secondary N) is 1. The van der Waals surface area contributed by atoms with E-state index in [0.29, 0.717) is 5.92 Å². The van der Waals surface area contributed by atoms with Crippen molar-refractivity contribution in [3.05, 3.63) is 36.2 Å².